The van der Waals surface area contributed by atoms with Crippen LogP contribution in [0.1, 0.15) is 21.5 Å². The van der Waals surface area contributed by atoms with Gasteiger partial charge < -0.3 is 9.84 Å². The number of fused-ring (bicyclic) bond motifs is 1. The third-order valence-electron chi connectivity index (χ3n) is 5.85. The molecule has 1 amide bonds. The zero-order valence-corrected chi connectivity index (χ0v) is 18.0. The standard InChI is InChI=1S/C26H23FN4O2/c27-21-11-9-19(10-12-21)24-29-26(33-30-24)23-8-4-3-7-22(23)25(32)28-14-16-31-15-13-18-5-1-2-6-20(18)17-31/h1-12H,13-17H2,(H,28,32). The Morgan fingerprint density at radius 3 is 2.61 bits per heavy atom. The molecule has 1 aromatic heterocycles. The van der Waals surface area contributed by atoms with Gasteiger partial charge in [-0.2, -0.15) is 4.98 Å². The van der Waals surface area contributed by atoms with Crippen molar-refractivity contribution < 1.29 is 13.7 Å². The smallest absolute Gasteiger partial charge is 0.259 e. The number of aromatic nitrogens is 2. The van der Waals surface area contributed by atoms with Gasteiger partial charge in [-0.05, 0) is 53.9 Å². The van der Waals surface area contributed by atoms with Crippen molar-refractivity contribution in [3.8, 4) is 22.8 Å². The SMILES string of the molecule is O=C(NCCN1CCc2ccccc2C1)c1ccccc1-c1nc(-c2ccc(F)cc2)no1. The van der Waals surface area contributed by atoms with Crippen molar-refractivity contribution in [2.45, 2.75) is 13.0 Å². The van der Waals surface area contributed by atoms with Crippen LogP contribution in [0, 0.1) is 5.82 Å². The normalized spacial score (nSPS) is 13.5. The molecule has 5 rings (SSSR count). The average molecular weight is 442 g/mol. The highest BCUT2D eigenvalue weighted by molar-refractivity contribution is 6.00. The van der Waals surface area contributed by atoms with Crippen molar-refractivity contribution in [3.63, 3.8) is 0 Å². The second-order valence-electron chi connectivity index (χ2n) is 8.03. The fourth-order valence-corrected chi connectivity index (χ4v) is 4.08. The number of rotatable bonds is 6. The number of amides is 1. The molecule has 0 radical (unpaired) electrons. The maximum absolute atomic E-state index is 13.2. The molecule has 6 nitrogen and oxygen atoms in total. The number of hydrogen-bond acceptors (Lipinski definition) is 5. The molecule has 4 aromatic rings. The van der Waals surface area contributed by atoms with Gasteiger partial charge >= 0.3 is 0 Å². The number of carbonyl (C=O) groups excluding carboxylic acids is 1. The van der Waals surface area contributed by atoms with Crippen molar-refractivity contribution in [1.82, 2.24) is 20.4 Å². The van der Waals surface area contributed by atoms with E-state index in [4.69, 9.17) is 4.52 Å². The summed E-state index contributed by atoms with van der Waals surface area (Å²) in [7, 11) is 0. The zero-order valence-electron chi connectivity index (χ0n) is 18.0. The molecule has 166 valence electrons. The molecule has 33 heavy (non-hydrogen) atoms. The van der Waals surface area contributed by atoms with Gasteiger partial charge in [0, 0.05) is 31.7 Å². The van der Waals surface area contributed by atoms with E-state index in [2.05, 4.69) is 44.6 Å². The second-order valence-corrected chi connectivity index (χ2v) is 8.03. The maximum atomic E-state index is 13.2. The average Bonchev–Trinajstić information content (AvgIpc) is 3.34. The molecule has 0 aliphatic carbocycles. The number of halogens is 1. The van der Waals surface area contributed by atoms with E-state index >= 15 is 0 Å². The molecule has 0 atom stereocenters. The van der Waals surface area contributed by atoms with Gasteiger partial charge in [-0.25, -0.2) is 4.39 Å². The van der Waals surface area contributed by atoms with E-state index in [-0.39, 0.29) is 17.6 Å². The largest absolute Gasteiger partial charge is 0.351 e. The Morgan fingerprint density at radius 2 is 1.76 bits per heavy atom. The van der Waals surface area contributed by atoms with Gasteiger partial charge in [0.05, 0.1) is 11.1 Å². The Labute approximate surface area is 191 Å². The quantitative estimate of drug-likeness (QED) is 0.481. The molecule has 7 heteroatoms. The summed E-state index contributed by atoms with van der Waals surface area (Å²) in [5.74, 6) is 0.0566. The molecular formula is C26H23FN4O2. The minimum absolute atomic E-state index is 0.190. The van der Waals surface area contributed by atoms with Gasteiger partial charge in [0.25, 0.3) is 11.8 Å². The minimum Gasteiger partial charge on any atom is -0.351 e. The summed E-state index contributed by atoms with van der Waals surface area (Å²) in [5, 5.41) is 7.00. The maximum Gasteiger partial charge on any atom is 0.259 e. The van der Waals surface area contributed by atoms with Gasteiger partial charge in [0.15, 0.2) is 0 Å². The molecule has 0 unspecified atom stereocenters. The summed E-state index contributed by atoms with van der Waals surface area (Å²) < 4.78 is 18.6. The van der Waals surface area contributed by atoms with E-state index < -0.39 is 0 Å². The molecular weight excluding hydrogens is 419 g/mol. The van der Waals surface area contributed by atoms with Gasteiger partial charge in [-0.3, -0.25) is 9.69 Å². The Kier molecular flexibility index (Phi) is 5.95. The van der Waals surface area contributed by atoms with Crippen LogP contribution in [0.3, 0.4) is 0 Å². The number of nitrogens with zero attached hydrogens (tertiary/aromatic N) is 3. The Bertz CT molecular complexity index is 1270. The first kappa shape index (κ1) is 21.0. The third kappa shape index (κ3) is 4.68. The van der Waals surface area contributed by atoms with Gasteiger partial charge in [-0.1, -0.05) is 41.6 Å². The van der Waals surface area contributed by atoms with Gasteiger partial charge in [0.2, 0.25) is 5.82 Å². The monoisotopic (exact) mass is 442 g/mol. The summed E-state index contributed by atoms with van der Waals surface area (Å²) in [6.45, 7) is 3.20. The van der Waals surface area contributed by atoms with Crippen LogP contribution >= 0.6 is 0 Å². The van der Waals surface area contributed by atoms with Crippen LogP contribution in [-0.2, 0) is 13.0 Å². The highest BCUT2D eigenvalue weighted by Crippen LogP contribution is 2.25. The first-order chi connectivity index (χ1) is 16.2. The van der Waals surface area contributed by atoms with Crippen molar-refractivity contribution in [1.29, 1.82) is 0 Å². The minimum atomic E-state index is -0.335. The topological polar surface area (TPSA) is 71.3 Å². The van der Waals surface area contributed by atoms with Crippen LogP contribution in [0.4, 0.5) is 4.39 Å². The lowest BCUT2D eigenvalue weighted by Crippen LogP contribution is -2.37. The second kappa shape index (κ2) is 9.34. The molecule has 0 saturated heterocycles. The van der Waals surface area contributed by atoms with Crippen molar-refractivity contribution in [2.75, 3.05) is 19.6 Å². The predicted molar refractivity (Wildman–Crippen MR) is 123 cm³/mol. The summed E-state index contributed by atoms with van der Waals surface area (Å²) >= 11 is 0. The van der Waals surface area contributed by atoms with Crippen molar-refractivity contribution >= 4 is 5.91 Å². The van der Waals surface area contributed by atoms with E-state index in [9.17, 15) is 9.18 Å². The number of nitrogens with one attached hydrogen (secondary N) is 1. The lowest BCUT2D eigenvalue weighted by molar-refractivity contribution is 0.0947. The summed E-state index contributed by atoms with van der Waals surface area (Å²) in [6.07, 6.45) is 1.03. The Morgan fingerprint density at radius 1 is 1.00 bits per heavy atom. The number of carbonyl (C=O) groups is 1. The predicted octanol–water partition coefficient (Wildman–Crippen LogP) is 4.33. The van der Waals surface area contributed by atoms with Crippen LogP contribution in [0.2, 0.25) is 0 Å². The molecule has 2 heterocycles. The fraction of sp³-hybridized carbons (Fsp3) is 0.192. The van der Waals surface area contributed by atoms with Crippen molar-refractivity contribution in [2.24, 2.45) is 0 Å². The molecule has 1 N–H and O–H groups in total. The Hall–Kier alpha value is -3.84. The van der Waals surface area contributed by atoms with Crippen LogP contribution in [0.15, 0.2) is 77.3 Å². The summed E-state index contributed by atoms with van der Waals surface area (Å²) in [6, 6.07) is 21.5. The summed E-state index contributed by atoms with van der Waals surface area (Å²) in [5.41, 5.74) is 4.43. The lowest BCUT2D eigenvalue weighted by Gasteiger charge is -2.28. The number of benzene rings is 3. The highest BCUT2D eigenvalue weighted by atomic mass is 19.1. The highest BCUT2D eigenvalue weighted by Gasteiger charge is 2.19. The molecule has 0 spiro atoms. The van der Waals surface area contributed by atoms with Crippen LogP contribution in [0.5, 0.6) is 0 Å². The van der Waals surface area contributed by atoms with E-state index in [0.29, 0.717) is 29.1 Å². The van der Waals surface area contributed by atoms with E-state index in [1.54, 1.807) is 30.3 Å². The van der Waals surface area contributed by atoms with Crippen LogP contribution < -0.4 is 5.32 Å². The number of hydrogen-bond donors (Lipinski definition) is 1. The summed E-state index contributed by atoms with van der Waals surface area (Å²) in [4.78, 5) is 19.7. The van der Waals surface area contributed by atoms with E-state index in [1.165, 1.54) is 23.3 Å². The molecule has 0 saturated carbocycles. The van der Waals surface area contributed by atoms with Gasteiger partial charge in [-0.15, -0.1) is 0 Å². The first-order valence-electron chi connectivity index (χ1n) is 10.9. The molecule has 3 aromatic carbocycles. The van der Waals surface area contributed by atoms with Crippen molar-refractivity contribution in [3.05, 3.63) is 95.3 Å². The lowest BCUT2D eigenvalue weighted by atomic mass is 10.00. The zero-order chi connectivity index (χ0) is 22.6. The van der Waals surface area contributed by atoms with Gasteiger partial charge in [0.1, 0.15) is 5.82 Å². The van der Waals surface area contributed by atoms with Crippen LogP contribution in [-0.4, -0.2) is 40.6 Å². The van der Waals surface area contributed by atoms with E-state index in [0.717, 1.165) is 26.1 Å². The first-order valence-corrected chi connectivity index (χ1v) is 10.9. The fourth-order valence-electron chi connectivity index (χ4n) is 4.08. The molecule has 1 aliphatic rings. The molecule has 0 fully saturated rings. The van der Waals surface area contributed by atoms with Crippen LogP contribution in [0.25, 0.3) is 22.8 Å². The van der Waals surface area contributed by atoms with E-state index in [1.807, 2.05) is 6.07 Å². The Balaban J connectivity index is 1.24. The molecule has 1 aliphatic heterocycles. The third-order valence-corrected chi connectivity index (χ3v) is 5.85. The molecule has 0 bridgehead atoms.